The highest BCUT2D eigenvalue weighted by Gasteiger charge is 2.42. The number of carbonyl (C=O) groups is 2. The molecule has 176 valence electrons. The van der Waals surface area contributed by atoms with Crippen molar-refractivity contribution in [3.05, 3.63) is 71.5 Å². The summed E-state index contributed by atoms with van der Waals surface area (Å²) < 4.78 is 18.6. The molecule has 6 nitrogen and oxygen atoms in total. The number of nitrogens with one attached hydrogen (secondary N) is 1. The van der Waals surface area contributed by atoms with Crippen molar-refractivity contribution in [2.24, 2.45) is 0 Å². The van der Waals surface area contributed by atoms with Crippen molar-refractivity contribution >= 4 is 11.9 Å². The van der Waals surface area contributed by atoms with Gasteiger partial charge in [0.15, 0.2) is 0 Å². The van der Waals surface area contributed by atoms with Crippen LogP contribution in [0, 0.1) is 5.82 Å². The zero-order valence-corrected chi connectivity index (χ0v) is 19.1. The third kappa shape index (κ3) is 5.97. The SMILES string of the molecule is COC(=O)[C@@H]1C[C@H](NC(=O)c2cccc(F)c2)CN1C1CCN(CCc2ccccc2)CC1. The Bertz CT molecular complexity index is 947. The van der Waals surface area contributed by atoms with Crippen LogP contribution in [0.1, 0.15) is 35.2 Å². The first-order valence-corrected chi connectivity index (χ1v) is 11.7. The maximum atomic E-state index is 13.5. The van der Waals surface area contributed by atoms with E-state index in [2.05, 4.69) is 39.4 Å². The molecule has 0 aliphatic carbocycles. The van der Waals surface area contributed by atoms with Crippen molar-refractivity contribution in [2.45, 2.75) is 43.8 Å². The van der Waals surface area contributed by atoms with Crippen LogP contribution in [0.3, 0.4) is 0 Å². The molecule has 0 aromatic heterocycles. The van der Waals surface area contributed by atoms with Gasteiger partial charge in [0, 0.05) is 30.7 Å². The van der Waals surface area contributed by atoms with Gasteiger partial charge in [-0.25, -0.2) is 4.39 Å². The Morgan fingerprint density at radius 3 is 2.55 bits per heavy atom. The van der Waals surface area contributed by atoms with Gasteiger partial charge in [0.2, 0.25) is 0 Å². The van der Waals surface area contributed by atoms with Crippen LogP contribution in [0.15, 0.2) is 54.6 Å². The summed E-state index contributed by atoms with van der Waals surface area (Å²) in [5.41, 5.74) is 1.64. The van der Waals surface area contributed by atoms with E-state index in [4.69, 9.17) is 4.74 Å². The second kappa shape index (κ2) is 10.9. The molecule has 2 atom stereocenters. The lowest BCUT2D eigenvalue weighted by Gasteiger charge is -2.38. The van der Waals surface area contributed by atoms with Gasteiger partial charge in [0.05, 0.1) is 7.11 Å². The van der Waals surface area contributed by atoms with E-state index in [0.29, 0.717) is 13.0 Å². The van der Waals surface area contributed by atoms with Crippen LogP contribution < -0.4 is 5.32 Å². The molecule has 0 radical (unpaired) electrons. The molecule has 4 rings (SSSR count). The molecule has 0 saturated carbocycles. The average Bonchev–Trinajstić information content (AvgIpc) is 3.27. The van der Waals surface area contributed by atoms with Crippen molar-refractivity contribution < 1.29 is 18.7 Å². The summed E-state index contributed by atoms with van der Waals surface area (Å²) in [6.45, 7) is 3.60. The molecule has 2 fully saturated rings. The number of methoxy groups -OCH3 is 1. The highest BCUT2D eigenvalue weighted by Crippen LogP contribution is 2.27. The lowest BCUT2D eigenvalue weighted by Crippen LogP contribution is -2.49. The van der Waals surface area contributed by atoms with Crippen LogP contribution >= 0.6 is 0 Å². The van der Waals surface area contributed by atoms with Gasteiger partial charge in [-0.05, 0) is 62.5 Å². The minimum atomic E-state index is -0.442. The third-order valence-corrected chi connectivity index (χ3v) is 6.82. The molecule has 7 heteroatoms. The predicted octanol–water partition coefficient (Wildman–Crippen LogP) is 2.88. The van der Waals surface area contributed by atoms with Gasteiger partial charge in [-0.3, -0.25) is 14.5 Å². The standard InChI is InChI=1S/C26H32FN3O3/c1-33-26(32)24-17-22(28-25(31)20-8-5-9-21(27)16-20)18-30(24)23-11-14-29(15-12-23)13-10-19-6-3-2-4-7-19/h2-9,16,22-24H,10-15,17-18H2,1H3,(H,28,31)/t22-,24-/m0/s1. The number of rotatable bonds is 7. The maximum Gasteiger partial charge on any atom is 0.323 e. The van der Waals surface area contributed by atoms with Crippen molar-refractivity contribution in [3.63, 3.8) is 0 Å². The average molecular weight is 454 g/mol. The van der Waals surface area contributed by atoms with Gasteiger partial charge in [0.1, 0.15) is 11.9 Å². The highest BCUT2D eigenvalue weighted by atomic mass is 19.1. The van der Waals surface area contributed by atoms with Crippen molar-refractivity contribution in [1.29, 1.82) is 0 Å². The number of nitrogens with zero attached hydrogens (tertiary/aromatic N) is 2. The Kier molecular flexibility index (Phi) is 7.73. The summed E-state index contributed by atoms with van der Waals surface area (Å²) in [5, 5.41) is 2.98. The second-order valence-corrected chi connectivity index (χ2v) is 8.96. The lowest BCUT2D eigenvalue weighted by molar-refractivity contribution is -0.147. The van der Waals surface area contributed by atoms with E-state index < -0.39 is 5.82 Å². The number of ether oxygens (including phenoxy) is 1. The number of hydrogen-bond donors (Lipinski definition) is 1. The first-order valence-electron chi connectivity index (χ1n) is 11.7. The molecule has 2 aromatic rings. The van der Waals surface area contributed by atoms with E-state index >= 15 is 0 Å². The minimum Gasteiger partial charge on any atom is -0.468 e. The number of piperidine rings is 1. The van der Waals surface area contributed by atoms with Crippen LogP contribution in [0.5, 0.6) is 0 Å². The molecule has 0 unspecified atom stereocenters. The molecule has 2 aromatic carbocycles. The smallest absolute Gasteiger partial charge is 0.323 e. The van der Waals surface area contributed by atoms with Gasteiger partial charge in [-0.15, -0.1) is 0 Å². The Morgan fingerprint density at radius 2 is 1.85 bits per heavy atom. The van der Waals surface area contributed by atoms with E-state index in [-0.39, 0.29) is 35.6 Å². The summed E-state index contributed by atoms with van der Waals surface area (Å²) >= 11 is 0. The molecule has 0 spiro atoms. The molecule has 1 amide bonds. The molecule has 2 saturated heterocycles. The van der Waals surface area contributed by atoms with E-state index in [1.807, 2.05) is 6.07 Å². The van der Waals surface area contributed by atoms with Gasteiger partial charge >= 0.3 is 5.97 Å². The summed E-state index contributed by atoms with van der Waals surface area (Å²) in [4.78, 5) is 29.8. The normalized spacial score (nSPS) is 22.2. The quantitative estimate of drug-likeness (QED) is 0.654. The Balaban J connectivity index is 1.33. The van der Waals surface area contributed by atoms with E-state index in [0.717, 1.165) is 38.9 Å². The molecular formula is C26H32FN3O3. The summed E-state index contributed by atoms with van der Waals surface area (Å²) in [5.74, 6) is -1.02. The number of amides is 1. The largest absolute Gasteiger partial charge is 0.468 e. The van der Waals surface area contributed by atoms with Crippen molar-refractivity contribution in [3.8, 4) is 0 Å². The highest BCUT2D eigenvalue weighted by molar-refractivity contribution is 5.94. The number of halogens is 1. The van der Waals surface area contributed by atoms with Crippen molar-refractivity contribution in [1.82, 2.24) is 15.1 Å². The number of hydrogen-bond acceptors (Lipinski definition) is 5. The lowest BCUT2D eigenvalue weighted by atomic mass is 10.0. The Labute approximate surface area is 194 Å². The molecule has 2 heterocycles. The van der Waals surface area contributed by atoms with Crippen LogP contribution in [0.2, 0.25) is 0 Å². The van der Waals surface area contributed by atoms with Crippen LogP contribution in [-0.2, 0) is 16.0 Å². The summed E-state index contributed by atoms with van der Waals surface area (Å²) in [7, 11) is 1.41. The maximum absolute atomic E-state index is 13.5. The first-order chi connectivity index (χ1) is 16.0. The third-order valence-electron chi connectivity index (χ3n) is 6.82. The molecule has 1 N–H and O–H groups in total. The molecule has 0 bridgehead atoms. The van der Waals surface area contributed by atoms with Gasteiger partial charge < -0.3 is 15.0 Å². The first kappa shape index (κ1) is 23.4. The van der Waals surface area contributed by atoms with Crippen LogP contribution in [0.25, 0.3) is 0 Å². The molecule has 2 aliphatic rings. The topological polar surface area (TPSA) is 61.9 Å². The number of likely N-dealkylation sites (tertiary alicyclic amines) is 2. The van der Waals surface area contributed by atoms with Gasteiger partial charge in [0.25, 0.3) is 5.91 Å². The molecule has 2 aliphatic heterocycles. The van der Waals surface area contributed by atoms with Gasteiger partial charge in [-0.2, -0.15) is 0 Å². The molecule has 33 heavy (non-hydrogen) atoms. The fourth-order valence-electron chi connectivity index (χ4n) is 5.04. The number of benzene rings is 2. The van der Waals surface area contributed by atoms with Crippen molar-refractivity contribution in [2.75, 3.05) is 33.3 Å². The van der Waals surface area contributed by atoms with E-state index in [1.165, 1.54) is 30.9 Å². The fraction of sp³-hybridized carbons (Fsp3) is 0.462. The Morgan fingerprint density at radius 1 is 1.09 bits per heavy atom. The number of carbonyl (C=O) groups excluding carboxylic acids is 2. The van der Waals surface area contributed by atoms with Crippen LogP contribution in [0.4, 0.5) is 4.39 Å². The number of esters is 1. The zero-order valence-electron chi connectivity index (χ0n) is 19.1. The minimum absolute atomic E-state index is 0.180. The van der Waals surface area contributed by atoms with E-state index in [9.17, 15) is 14.0 Å². The zero-order chi connectivity index (χ0) is 23.2. The second-order valence-electron chi connectivity index (χ2n) is 8.96. The predicted molar refractivity (Wildman–Crippen MR) is 124 cm³/mol. The van der Waals surface area contributed by atoms with Gasteiger partial charge in [-0.1, -0.05) is 36.4 Å². The Hall–Kier alpha value is -2.77. The monoisotopic (exact) mass is 453 g/mol. The summed E-state index contributed by atoms with van der Waals surface area (Å²) in [6, 6.07) is 15.9. The fourth-order valence-corrected chi connectivity index (χ4v) is 5.04. The van der Waals surface area contributed by atoms with Crippen LogP contribution in [-0.4, -0.2) is 73.1 Å². The van der Waals surface area contributed by atoms with E-state index in [1.54, 1.807) is 6.07 Å². The summed E-state index contributed by atoms with van der Waals surface area (Å²) in [6.07, 6.45) is 3.50. The molecular weight excluding hydrogens is 421 g/mol.